The number of alkyl carbamates (subject to hydrolysis) is 1. The topological polar surface area (TPSA) is 58.6 Å². The second-order valence-electron chi connectivity index (χ2n) is 4.39. The summed E-state index contributed by atoms with van der Waals surface area (Å²) in [5.41, 5.74) is 0.0193. The van der Waals surface area contributed by atoms with Crippen LogP contribution in [-0.2, 0) is 10.3 Å². The Morgan fingerprint density at radius 3 is 2.72 bits per heavy atom. The highest BCUT2D eigenvalue weighted by molar-refractivity contribution is 5.68. The number of carbonyl (C=O) groups excluding carboxylic acids is 1. The summed E-state index contributed by atoms with van der Waals surface area (Å²) in [7, 11) is 0. The lowest BCUT2D eigenvalue weighted by molar-refractivity contribution is -0.0274. The Bertz CT molecular complexity index is 421. The molecule has 2 N–H and O–H groups in total. The number of carbonyl (C=O) groups is 1. The number of aliphatic hydroxyl groups excluding tert-OH is 1. The molecule has 18 heavy (non-hydrogen) atoms. The fourth-order valence-electron chi connectivity index (χ4n) is 2.27. The minimum Gasteiger partial charge on any atom is -0.438 e. The van der Waals surface area contributed by atoms with Gasteiger partial charge in [0, 0.05) is 19.6 Å². The first-order chi connectivity index (χ1) is 8.66. The van der Waals surface area contributed by atoms with Crippen molar-refractivity contribution in [2.45, 2.75) is 24.9 Å². The molecule has 0 aliphatic carbocycles. The molecule has 0 aromatic heterocycles. The normalized spacial score (nSPS) is 23.3. The third-order valence-electron chi connectivity index (χ3n) is 3.20. The zero-order chi connectivity index (χ0) is 13.0. The molecular weight excluding hydrogens is 237 g/mol. The molecule has 0 saturated carbocycles. The average Bonchev–Trinajstić information content (AvgIpc) is 2.37. The van der Waals surface area contributed by atoms with Crippen LogP contribution in [-0.4, -0.2) is 24.4 Å². The van der Waals surface area contributed by atoms with E-state index >= 15 is 0 Å². The number of hydrogen-bond acceptors (Lipinski definition) is 3. The van der Waals surface area contributed by atoms with Crippen LogP contribution in [0.4, 0.5) is 9.18 Å². The van der Waals surface area contributed by atoms with Crippen LogP contribution in [0.2, 0.25) is 0 Å². The zero-order valence-electron chi connectivity index (χ0n) is 9.99. The molecule has 1 aromatic carbocycles. The molecule has 0 bridgehead atoms. The molecule has 1 saturated heterocycles. The van der Waals surface area contributed by atoms with Gasteiger partial charge in [-0.15, -0.1) is 0 Å². The maximum atomic E-state index is 12.9. The van der Waals surface area contributed by atoms with Crippen LogP contribution < -0.4 is 5.32 Å². The van der Waals surface area contributed by atoms with Crippen molar-refractivity contribution in [3.63, 3.8) is 0 Å². The Morgan fingerprint density at radius 2 is 2.11 bits per heavy atom. The van der Waals surface area contributed by atoms with Gasteiger partial charge in [-0.1, -0.05) is 12.1 Å². The third-order valence-corrected chi connectivity index (χ3v) is 3.20. The number of aliphatic hydroxyl groups is 1. The van der Waals surface area contributed by atoms with Gasteiger partial charge in [0.25, 0.3) is 0 Å². The third kappa shape index (κ3) is 2.61. The first-order valence-corrected chi connectivity index (χ1v) is 6.00. The van der Waals surface area contributed by atoms with Crippen LogP contribution in [0.15, 0.2) is 24.3 Å². The van der Waals surface area contributed by atoms with Crippen molar-refractivity contribution in [1.82, 2.24) is 5.32 Å². The SMILES string of the molecule is O=C1NCC[C@](CCCO)(c2ccc(F)cc2)O1. The fourth-order valence-corrected chi connectivity index (χ4v) is 2.27. The van der Waals surface area contributed by atoms with Gasteiger partial charge in [0.05, 0.1) is 0 Å². The van der Waals surface area contributed by atoms with E-state index in [4.69, 9.17) is 9.84 Å². The highest BCUT2D eigenvalue weighted by Gasteiger charge is 2.38. The highest BCUT2D eigenvalue weighted by atomic mass is 19.1. The van der Waals surface area contributed by atoms with Gasteiger partial charge < -0.3 is 15.2 Å². The van der Waals surface area contributed by atoms with E-state index in [2.05, 4.69) is 5.32 Å². The lowest BCUT2D eigenvalue weighted by Gasteiger charge is -2.37. The van der Waals surface area contributed by atoms with E-state index in [1.165, 1.54) is 12.1 Å². The van der Waals surface area contributed by atoms with Crippen molar-refractivity contribution in [2.24, 2.45) is 0 Å². The van der Waals surface area contributed by atoms with Crippen LogP contribution in [0.5, 0.6) is 0 Å². The molecule has 1 aromatic rings. The standard InChI is InChI=1S/C13H16FNO3/c14-11-4-2-10(3-5-11)13(6-1-9-16)7-8-15-12(17)18-13/h2-5,16H,1,6-9H2,(H,15,17)/t13-/m1/s1. The smallest absolute Gasteiger partial charge is 0.408 e. The molecule has 1 fully saturated rings. The zero-order valence-corrected chi connectivity index (χ0v) is 9.99. The Morgan fingerprint density at radius 1 is 1.39 bits per heavy atom. The minimum absolute atomic E-state index is 0.0356. The first-order valence-electron chi connectivity index (χ1n) is 6.00. The molecule has 1 amide bonds. The number of rotatable bonds is 4. The molecule has 2 rings (SSSR count). The molecule has 98 valence electrons. The second kappa shape index (κ2) is 5.35. The summed E-state index contributed by atoms with van der Waals surface area (Å²) in [6, 6.07) is 5.97. The van der Waals surface area contributed by atoms with Crippen LogP contribution in [0.25, 0.3) is 0 Å². The van der Waals surface area contributed by atoms with Crippen LogP contribution in [0.3, 0.4) is 0 Å². The van der Waals surface area contributed by atoms with Gasteiger partial charge >= 0.3 is 6.09 Å². The van der Waals surface area contributed by atoms with Gasteiger partial charge in [-0.3, -0.25) is 0 Å². The lowest BCUT2D eigenvalue weighted by atomic mass is 9.85. The summed E-state index contributed by atoms with van der Waals surface area (Å²) in [6.45, 7) is 0.551. The summed E-state index contributed by atoms with van der Waals surface area (Å²) >= 11 is 0. The van der Waals surface area contributed by atoms with Gasteiger partial charge in [-0.25, -0.2) is 9.18 Å². The average molecular weight is 253 g/mol. The van der Waals surface area contributed by atoms with Gasteiger partial charge in [-0.2, -0.15) is 0 Å². The summed E-state index contributed by atoms with van der Waals surface area (Å²) in [4.78, 5) is 11.4. The predicted molar refractivity (Wildman–Crippen MR) is 63.5 cm³/mol. The van der Waals surface area contributed by atoms with E-state index in [0.29, 0.717) is 25.8 Å². The van der Waals surface area contributed by atoms with Gasteiger partial charge in [-0.05, 0) is 30.5 Å². The number of halogens is 1. The highest BCUT2D eigenvalue weighted by Crippen LogP contribution is 2.36. The second-order valence-corrected chi connectivity index (χ2v) is 4.39. The maximum Gasteiger partial charge on any atom is 0.408 e. The van der Waals surface area contributed by atoms with Crippen molar-refractivity contribution in [2.75, 3.05) is 13.2 Å². The Hall–Kier alpha value is -1.62. The van der Waals surface area contributed by atoms with Crippen molar-refractivity contribution in [3.05, 3.63) is 35.6 Å². The number of hydrogen-bond donors (Lipinski definition) is 2. The quantitative estimate of drug-likeness (QED) is 0.862. The molecule has 0 unspecified atom stereocenters. The van der Waals surface area contributed by atoms with Crippen molar-refractivity contribution in [1.29, 1.82) is 0 Å². The number of ether oxygens (including phenoxy) is 1. The lowest BCUT2D eigenvalue weighted by Crippen LogP contribution is -2.45. The number of benzene rings is 1. The number of nitrogens with one attached hydrogen (secondary N) is 1. The van der Waals surface area contributed by atoms with E-state index in [1.807, 2.05) is 0 Å². The molecule has 1 aliphatic rings. The van der Waals surface area contributed by atoms with Crippen LogP contribution in [0.1, 0.15) is 24.8 Å². The minimum atomic E-state index is -0.751. The molecule has 5 heteroatoms. The van der Waals surface area contributed by atoms with Crippen molar-refractivity contribution < 1.29 is 19.0 Å². The van der Waals surface area contributed by atoms with Crippen molar-refractivity contribution >= 4 is 6.09 Å². The van der Waals surface area contributed by atoms with E-state index in [1.54, 1.807) is 12.1 Å². The van der Waals surface area contributed by atoms with E-state index < -0.39 is 11.7 Å². The molecular formula is C13H16FNO3. The van der Waals surface area contributed by atoms with E-state index in [0.717, 1.165) is 5.56 Å². The summed E-state index contributed by atoms with van der Waals surface area (Å²) in [5.74, 6) is -0.323. The molecule has 0 spiro atoms. The first kappa shape index (κ1) is 12.8. The number of cyclic esters (lactones) is 1. The summed E-state index contributed by atoms with van der Waals surface area (Å²) in [5, 5.41) is 11.5. The summed E-state index contributed by atoms with van der Waals surface area (Å²) < 4.78 is 18.4. The van der Waals surface area contributed by atoms with Crippen LogP contribution >= 0.6 is 0 Å². The van der Waals surface area contributed by atoms with Crippen molar-refractivity contribution in [3.8, 4) is 0 Å². The van der Waals surface area contributed by atoms with Gasteiger partial charge in [0.1, 0.15) is 11.4 Å². The van der Waals surface area contributed by atoms with E-state index in [9.17, 15) is 9.18 Å². The molecule has 1 atom stereocenters. The largest absolute Gasteiger partial charge is 0.438 e. The maximum absolute atomic E-state index is 12.9. The monoisotopic (exact) mass is 253 g/mol. The Labute approximate surface area is 105 Å². The van der Waals surface area contributed by atoms with Crippen LogP contribution in [0, 0.1) is 5.82 Å². The Kier molecular flexibility index (Phi) is 3.81. The van der Waals surface area contributed by atoms with Gasteiger partial charge in [0.15, 0.2) is 0 Å². The number of amides is 1. The van der Waals surface area contributed by atoms with E-state index in [-0.39, 0.29) is 12.4 Å². The molecule has 1 heterocycles. The fraction of sp³-hybridized carbons (Fsp3) is 0.462. The predicted octanol–water partition coefficient (Wildman–Crippen LogP) is 1.92. The molecule has 1 aliphatic heterocycles. The molecule has 0 radical (unpaired) electrons. The Balaban J connectivity index is 2.28. The molecule has 4 nitrogen and oxygen atoms in total. The van der Waals surface area contributed by atoms with Gasteiger partial charge in [0.2, 0.25) is 0 Å². The summed E-state index contributed by atoms with van der Waals surface area (Å²) in [6.07, 6.45) is 1.21.